The van der Waals surface area contributed by atoms with Gasteiger partial charge in [-0.05, 0) is 61.1 Å². The van der Waals surface area contributed by atoms with Crippen molar-refractivity contribution in [3.63, 3.8) is 0 Å². The maximum Gasteiger partial charge on any atom is 0.138 e. The first kappa shape index (κ1) is 25.8. The van der Waals surface area contributed by atoms with Gasteiger partial charge in [0.2, 0.25) is 0 Å². The van der Waals surface area contributed by atoms with Crippen molar-refractivity contribution in [1.29, 1.82) is 0 Å². The summed E-state index contributed by atoms with van der Waals surface area (Å²) in [7, 11) is 0. The summed E-state index contributed by atoms with van der Waals surface area (Å²) in [6, 6.07) is 28.1. The van der Waals surface area contributed by atoms with Crippen LogP contribution in [0.4, 0.5) is 11.4 Å². The molecular formula is C34H38N4. The number of anilines is 1. The highest BCUT2D eigenvalue weighted by molar-refractivity contribution is 6.17. The molecule has 38 heavy (non-hydrogen) atoms. The summed E-state index contributed by atoms with van der Waals surface area (Å²) in [5, 5.41) is 1.12. The Balaban J connectivity index is 1.62. The lowest BCUT2D eigenvalue weighted by Gasteiger charge is -2.23. The van der Waals surface area contributed by atoms with Crippen LogP contribution in [-0.2, 0) is 12.8 Å². The molecule has 4 heteroatoms. The molecule has 2 heterocycles. The van der Waals surface area contributed by atoms with E-state index in [1.807, 2.05) is 0 Å². The molecule has 0 N–H and O–H groups in total. The molecule has 3 aromatic carbocycles. The van der Waals surface area contributed by atoms with Crippen molar-refractivity contribution in [3.05, 3.63) is 101 Å². The van der Waals surface area contributed by atoms with E-state index in [4.69, 9.17) is 15.0 Å². The number of aliphatic imine (C=N–C) groups is 2. The fourth-order valence-corrected chi connectivity index (χ4v) is 5.28. The summed E-state index contributed by atoms with van der Waals surface area (Å²) >= 11 is 0. The maximum atomic E-state index is 5.30. The lowest BCUT2D eigenvalue weighted by atomic mass is 10.0. The first-order chi connectivity index (χ1) is 18.5. The second-order valence-electron chi connectivity index (χ2n) is 10.3. The summed E-state index contributed by atoms with van der Waals surface area (Å²) in [5.41, 5.74) is 8.71. The molecule has 1 unspecified atom stereocenters. The summed E-state index contributed by atoms with van der Waals surface area (Å²) in [4.78, 5) is 18.0. The number of hydrogen-bond acceptors (Lipinski definition) is 4. The highest BCUT2D eigenvalue weighted by Gasteiger charge is 2.31. The largest absolute Gasteiger partial charge is 0.324 e. The van der Waals surface area contributed by atoms with E-state index >= 15 is 0 Å². The van der Waals surface area contributed by atoms with Crippen LogP contribution in [0.25, 0.3) is 10.9 Å². The molecule has 0 radical (unpaired) electrons. The molecule has 1 aliphatic rings. The standard InChI is InChI=1S/C34H38N4/c1-6-23(4)31-22-38(28-17-10-9-11-18-28)34(37-31)29-19-13-16-27-20-21-30(36-33(27)29)24(5)35-32-25(7-2)14-12-15-26(32)8-3/h9-21,23,31H,6-8,22H2,1-5H3/t23-,31?/m0/s1. The molecule has 194 valence electrons. The van der Waals surface area contributed by atoms with Crippen LogP contribution in [0, 0.1) is 5.92 Å². The van der Waals surface area contributed by atoms with Crippen molar-refractivity contribution in [3.8, 4) is 0 Å². The molecule has 0 aliphatic carbocycles. The van der Waals surface area contributed by atoms with Gasteiger partial charge in [0.25, 0.3) is 0 Å². The Bertz CT molecular complexity index is 1460. The smallest absolute Gasteiger partial charge is 0.138 e. The average Bonchev–Trinajstić information content (AvgIpc) is 3.42. The van der Waals surface area contributed by atoms with Crippen molar-refractivity contribution >= 4 is 33.8 Å². The van der Waals surface area contributed by atoms with Crippen LogP contribution in [0.15, 0.2) is 88.8 Å². The first-order valence-electron chi connectivity index (χ1n) is 14.0. The fourth-order valence-electron chi connectivity index (χ4n) is 5.28. The number of para-hydroxylation sites is 3. The predicted octanol–water partition coefficient (Wildman–Crippen LogP) is 8.18. The summed E-state index contributed by atoms with van der Waals surface area (Å²) in [6.45, 7) is 11.9. The van der Waals surface area contributed by atoms with Crippen LogP contribution >= 0.6 is 0 Å². The highest BCUT2D eigenvalue weighted by atomic mass is 15.3. The number of hydrogen-bond donors (Lipinski definition) is 0. The number of benzene rings is 3. The van der Waals surface area contributed by atoms with Gasteiger partial charge in [0, 0.05) is 23.2 Å². The Hall–Kier alpha value is -3.79. The Morgan fingerprint density at radius 3 is 2.29 bits per heavy atom. The number of rotatable bonds is 8. The van der Waals surface area contributed by atoms with Crippen LogP contribution in [0.3, 0.4) is 0 Å². The van der Waals surface area contributed by atoms with Crippen LogP contribution in [0.1, 0.15) is 63.4 Å². The summed E-state index contributed by atoms with van der Waals surface area (Å²) in [5.74, 6) is 1.52. The quantitative estimate of drug-likeness (QED) is 0.228. The fraction of sp³-hybridized carbons (Fsp3) is 0.324. The monoisotopic (exact) mass is 502 g/mol. The number of nitrogens with zero attached hydrogens (tertiary/aromatic N) is 4. The first-order valence-corrected chi connectivity index (χ1v) is 14.0. The third kappa shape index (κ3) is 5.00. The van der Waals surface area contributed by atoms with Gasteiger partial charge >= 0.3 is 0 Å². The van der Waals surface area contributed by atoms with Crippen LogP contribution in [0.5, 0.6) is 0 Å². The molecule has 0 fully saturated rings. The van der Waals surface area contributed by atoms with Crippen LogP contribution < -0.4 is 4.90 Å². The van der Waals surface area contributed by atoms with E-state index in [1.165, 1.54) is 16.8 Å². The number of aryl methyl sites for hydroxylation is 2. The topological polar surface area (TPSA) is 40.9 Å². The molecule has 0 saturated heterocycles. The molecular weight excluding hydrogens is 464 g/mol. The minimum absolute atomic E-state index is 0.259. The van der Waals surface area contributed by atoms with Crippen molar-refractivity contribution in [2.75, 3.05) is 11.4 Å². The zero-order valence-electron chi connectivity index (χ0n) is 23.3. The van der Waals surface area contributed by atoms with E-state index in [-0.39, 0.29) is 6.04 Å². The predicted molar refractivity (Wildman–Crippen MR) is 162 cm³/mol. The Morgan fingerprint density at radius 2 is 1.61 bits per heavy atom. The van der Waals surface area contributed by atoms with Gasteiger partial charge in [0.05, 0.1) is 28.7 Å². The zero-order valence-corrected chi connectivity index (χ0v) is 23.3. The van der Waals surface area contributed by atoms with E-state index in [9.17, 15) is 0 Å². The molecule has 4 aromatic rings. The molecule has 0 bridgehead atoms. The van der Waals surface area contributed by atoms with Crippen LogP contribution in [-0.4, -0.2) is 29.1 Å². The van der Waals surface area contributed by atoms with Gasteiger partial charge < -0.3 is 4.90 Å². The maximum absolute atomic E-state index is 5.30. The van der Waals surface area contributed by atoms with Crippen LogP contribution in [0.2, 0.25) is 0 Å². The van der Waals surface area contributed by atoms with Crippen molar-refractivity contribution < 1.29 is 0 Å². The average molecular weight is 503 g/mol. The summed E-state index contributed by atoms with van der Waals surface area (Å²) < 4.78 is 0. The Kier molecular flexibility index (Phi) is 7.69. The molecule has 0 spiro atoms. The van der Waals surface area contributed by atoms with Gasteiger partial charge in [-0.3, -0.25) is 9.98 Å². The number of amidine groups is 1. The van der Waals surface area contributed by atoms with Crippen molar-refractivity contribution in [1.82, 2.24) is 4.98 Å². The number of fused-ring (bicyclic) bond motifs is 1. The minimum Gasteiger partial charge on any atom is -0.324 e. The van der Waals surface area contributed by atoms with E-state index in [0.717, 1.165) is 65.2 Å². The van der Waals surface area contributed by atoms with Gasteiger partial charge in [-0.25, -0.2) is 4.98 Å². The van der Waals surface area contributed by atoms with Crippen molar-refractivity contribution in [2.24, 2.45) is 15.9 Å². The lowest BCUT2D eigenvalue weighted by molar-refractivity contribution is 0.465. The molecule has 2 atom stereocenters. The Labute approximate surface area is 227 Å². The lowest BCUT2D eigenvalue weighted by Crippen LogP contribution is -2.31. The highest BCUT2D eigenvalue weighted by Crippen LogP contribution is 2.31. The van der Waals surface area contributed by atoms with Gasteiger partial charge in [0.15, 0.2) is 0 Å². The van der Waals surface area contributed by atoms with E-state index in [1.54, 1.807) is 0 Å². The number of aromatic nitrogens is 1. The van der Waals surface area contributed by atoms with Gasteiger partial charge in [-0.15, -0.1) is 0 Å². The van der Waals surface area contributed by atoms with E-state index in [0.29, 0.717) is 5.92 Å². The molecule has 0 saturated carbocycles. The van der Waals surface area contributed by atoms with E-state index in [2.05, 4.69) is 118 Å². The third-order valence-corrected chi connectivity index (χ3v) is 7.86. The SMILES string of the molecule is CCc1cccc(CC)c1N=C(C)c1ccc2cccc(C3=NC([C@@H](C)CC)CN3c3ccccc3)c2n1. The van der Waals surface area contributed by atoms with Gasteiger partial charge in [-0.1, -0.05) is 88.7 Å². The second-order valence-corrected chi connectivity index (χ2v) is 10.3. The Morgan fingerprint density at radius 1 is 0.895 bits per heavy atom. The van der Waals surface area contributed by atoms with Crippen molar-refractivity contribution in [2.45, 2.75) is 59.9 Å². The molecule has 1 aliphatic heterocycles. The molecule has 1 aromatic heterocycles. The summed E-state index contributed by atoms with van der Waals surface area (Å²) in [6.07, 6.45) is 3.03. The molecule has 0 amide bonds. The number of pyridine rings is 1. The molecule has 4 nitrogen and oxygen atoms in total. The molecule has 5 rings (SSSR count). The normalized spacial score (nSPS) is 16.7. The third-order valence-electron chi connectivity index (χ3n) is 7.86. The van der Waals surface area contributed by atoms with Gasteiger partial charge in [0.1, 0.15) is 5.84 Å². The zero-order chi connectivity index (χ0) is 26.6. The van der Waals surface area contributed by atoms with E-state index < -0.39 is 0 Å². The van der Waals surface area contributed by atoms with Gasteiger partial charge in [-0.2, -0.15) is 0 Å². The minimum atomic E-state index is 0.259. The second kappa shape index (κ2) is 11.3.